The normalized spacial score (nSPS) is 12.2. The van der Waals surface area contributed by atoms with Crippen LogP contribution in [0, 0.1) is 13.8 Å². The summed E-state index contributed by atoms with van der Waals surface area (Å²) >= 11 is 1.22. The lowest BCUT2D eigenvalue weighted by atomic mass is 10.3. The number of amides is 1. The fourth-order valence-electron chi connectivity index (χ4n) is 1.91. The topological polar surface area (TPSA) is 88.2 Å². The lowest BCUT2D eigenvalue weighted by Crippen LogP contribution is -2.33. The van der Waals surface area contributed by atoms with Gasteiger partial charge in [-0.05, 0) is 38.1 Å². The van der Waals surface area contributed by atoms with Crippen molar-refractivity contribution >= 4 is 33.0 Å². The third-order valence-corrected chi connectivity index (χ3v) is 5.48. The molecule has 0 saturated carbocycles. The third kappa shape index (κ3) is 5.25. The maximum absolute atomic E-state index is 12.1. The highest BCUT2D eigenvalue weighted by molar-refractivity contribution is 7.89. The van der Waals surface area contributed by atoms with Crippen molar-refractivity contribution in [3.05, 3.63) is 39.8 Å². The summed E-state index contributed by atoms with van der Waals surface area (Å²) in [6.45, 7) is 1.81. The van der Waals surface area contributed by atoms with Crippen LogP contribution in [0.3, 0.4) is 0 Å². The van der Waals surface area contributed by atoms with E-state index >= 15 is 0 Å². The van der Waals surface area contributed by atoms with Gasteiger partial charge in [-0.1, -0.05) is 0 Å². The summed E-state index contributed by atoms with van der Waals surface area (Å²) in [6.07, 6.45) is -4.65. The Labute approximate surface area is 146 Å². The van der Waals surface area contributed by atoms with Crippen LogP contribution in [0.4, 0.5) is 18.9 Å². The van der Waals surface area contributed by atoms with E-state index in [1.54, 1.807) is 13.8 Å². The van der Waals surface area contributed by atoms with Gasteiger partial charge in [-0.3, -0.25) is 4.79 Å². The molecule has 0 fully saturated rings. The van der Waals surface area contributed by atoms with Crippen molar-refractivity contribution in [3.8, 4) is 0 Å². The van der Waals surface area contributed by atoms with Crippen molar-refractivity contribution in [2.45, 2.75) is 24.9 Å². The predicted molar refractivity (Wildman–Crippen MR) is 87.2 cm³/mol. The van der Waals surface area contributed by atoms with E-state index in [-0.39, 0.29) is 4.90 Å². The maximum Gasteiger partial charge on any atom is 0.402 e. The van der Waals surface area contributed by atoms with Gasteiger partial charge in [0.1, 0.15) is 11.4 Å². The summed E-state index contributed by atoms with van der Waals surface area (Å²) in [5.41, 5.74) is 0.890. The molecule has 136 valence electrons. The molecule has 1 aromatic carbocycles. The molecule has 2 N–H and O–H groups in total. The highest BCUT2D eigenvalue weighted by Gasteiger charge is 2.30. The number of thiazole rings is 1. The molecule has 1 amide bonds. The van der Waals surface area contributed by atoms with Crippen LogP contribution in [0.5, 0.6) is 0 Å². The molecule has 0 aliphatic heterocycles. The number of alkyl halides is 3. The lowest BCUT2D eigenvalue weighted by Gasteiger charge is -2.10. The van der Waals surface area contributed by atoms with Gasteiger partial charge in [0.25, 0.3) is 5.91 Å². The Kier molecular flexibility index (Phi) is 5.49. The fraction of sp³-hybridized carbons (Fsp3) is 0.286. The second-order valence-corrected chi connectivity index (χ2v) is 8.04. The van der Waals surface area contributed by atoms with E-state index in [0.29, 0.717) is 16.3 Å². The molecule has 0 bridgehead atoms. The molecule has 1 aromatic heterocycles. The van der Waals surface area contributed by atoms with Gasteiger partial charge in [-0.2, -0.15) is 13.2 Å². The summed E-state index contributed by atoms with van der Waals surface area (Å²) in [6, 6.07) is 4.81. The Morgan fingerprint density at radius 3 is 2.28 bits per heavy atom. The van der Waals surface area contributed by atoms with E-state index < -0.39 is 28.7 Å². The maximum atomic E-state index is 12.1. The smallest absolute Gasteiger partial charge is 0.321 e. The van der Waals surface area contributed by atoms with Crippen LogP contribution in [0.2, 0.25) is 0 Å². The number of nitrogens with one attached hydrogen (secondary N) is 2. The van der Waals surface area contributed by atoms with Crippen molar-refractivity contribution < 1.29 is 26.4 Å². The number of halogens is 3. The molecular formula is C14H14F3N3O3S2. The largest absolute Gasteiger partial charge is 0.402 e. The van der Waals surface area contributed by atoms with Crippen LogP contribution in [-0.4, -0.2) is 32.0 Å². The van der Waals surface area contributed by atoms with Crippen LogP contribution >= 0.6 is 11.3 Å². The fourth-order valence-corrected chi connectivity index (χ4v) is 3.74. The van der Waals surface area contributed by atoms with E-state index in [4.69, 9.17) is 0 Å². The van der Waals surface area contributed by atoms with Gasteiger partial charge in [-0.25, -0.2) is 18.1 Å². The molecule has 0 spiro atoms. The van der Waals surface area contributed by atoms with E-state index in [1.165, 1.54) is 28.2 Å². The number of carbonyl (C=O) groups excluding carboxylic acids is 1. The zero-order valence-corrected chi connectivity index (χ0v) is 14.8. The van der Waals surface area contributed by atoms with E-state index in [9.17, 15) is 26.4 Å². The Morgan fingerprint density at radius 2 is 1.80 bits per heavy atom. The Hall–Kier alpha value is -1.98. The number of rotatable bonds is 5. The highest BCUT2D eigenvalue weighted by atomic mass is 32.2. The molecule has 25 heavy (non-hydrogen) atoms. The van der Waals surface area contributed by atoms with Crippen molar-refractivity contribution in [3.63, 3.8) is 0 Å². The van der Waals surface area contributed by atoms with Crippen LogP contribution < -0.4 is 10.0 Å². The monoisotopic (exact) mass is 393 g/mol. The van der Waals surface area contributed by atoms with E-state index in [0.717, 1.165) is 17.1 Å². The number of anilines is 1. The van der Waals surface area contributed by atoms with Crippen LogP contribution in [0.15, 0.2) is 29.2 Å². The first-order valence-electron chi connectivity index (χ1n) is 6.90. The van der Waals surface area contributed by atoms with E-state index in [2.05, 4.69) is 10.3 Å². The van der Waals surface area contributed by atoms with Gasteiger partial charge in [0.15, 0.2) is 0 Å². The summed E-state index contributed by atoms with van der Waals surface area (Å²) in [7, 11) is -4.28. The number of aromatic nitrogens is 1. The molecule has 2 rings (SSSR count). The average molecular weight is 393 g/mol. The standard InChI is InChI=1S/C14H14F3N3O3S2/c1-8-12(24-9(2)19-8)13(21)20-10-3-5-11(6-4-10)25(22,23)18-7-14(15,16)17/h3-6,18H,7H2,1-2H3,(H,20,21). The molecular weight excluding hydrogens is 379 g/mol. The minimum absolute atomic E-state index is 0.310. The molecule has 0 atom stereocenters. The number of sulfonamides is 1. The Balaban J connectivity index is 2.09. The third-order valence-electron chi connectivity index (χ3n) is 2.99. The van der Waals surface area contributed by atoms with Gasteiger partial charge >= 0.3 is 6.18 Å². The SMILES string of the molecule is Cc1nc(C)c(C(=O)Nc2ccc(S(=O)(=O)NCC(F)(F)F)cc2)s1. The van der Waals surface area contributed by atoms with Crippen molar-refractivity contribution in [1.29, 1.82) is 0 Å². The molecule has 0 aliphatic carbocycles. The molecule has 0 aliphatic rings. The summed E-state index contributed by atoms with van der Waals surface area (Å²) in [5.74, 6) is -0.395. The van der Waals surface area contributed by atoms with Gasteiger partial charge in [0, 0.05) is 5.69 Å². The number of hydrogen-bond donors (Lipinski definition) is 2. The molecule has 1 heterocycles. The van der Waals surface area contributed by atoms with Crippen LogP contribution in [0.25, 0.3) is 0 Å². The first kappa shape index (κ1) is 19.3. The summed E-state index contributed by atoms with van der Waals surface area (Å²) < 4.78 is 61.4. The summed E-state index contributed by atoms with van der Waals surface area (Å²) in [4.78, 5) is 16.4. The van der Waals surface area contributed by atoms with Gasteiger partial charge in [0.05, 0.1) is 15.6 Å². The molecule has 2 aromatic rings. The molecule has 11 heteroatoms. The van der Waals surface area contributed by atoms with Crippen molar-refractivity contribution in [2.24, 2.45) is 0 Å². The van der Waals surface area contributed by atoms with Crippen LogP contribution in [-0.2, 0) is 10.0 Å². The number of carbonyl (C=O) groups is 1. The van der Waals surface area contributed by atoms with Crippen LogP contribution in [0.1, 0.15) is 20.4 Å². The first-order valence-corrected chi connectivity index (χ1v) is 9.20. The minimum Gasteiger partial charge on any atom is -0.321 e. The molecule has 6 nitrogen and oxygen atoms in total. The number of benzene rings is 1. The molecule has 0 radical (unpaired) electrons. The van der Waals surface area contributed by atoms with Gasteiger partial charge < -0.3 is 5.32 Å². The van der Waals surface area contributed by atoms with Gasteiger partial charge in [0.2, 0.25) is 10.0 Å². The molecule has 0 unspecified atom stereocenters. The van der Waals surface area contributed by atoms with Gasteiger partial charge in [-0.15, -0.1) is 11.3 Å². The number of aryl methyl sites for hydroxylation is 2. The Morgan fingerprint density at radius 1 is 1.20 bits per heavy atom. The van der Waals surface area contributed by atoms with Crippen molar-refractivity contribution in [1.82, 2.24) is 9.71 Å². The average Bonchev–Trinajstić information content (AvgIpc) is 2.84. The zero-order valence-electron chi connectivity index (χ0n) is 13.1. The highest BCUT2D eigenvalue weighted by Crippen LogP contribution is 2.20. The summed E-state index contributed by atoms with van der Waals surface area (Å²) in [5, 5.41) is 3.32. The minimum atomic E-state index is -4.65. The second kappa shape index (κ2) is 7.10. The van der Waals surface area contributed by atoms with E-state index in [1.807, 2.05) is 0 Å². The first-order chi connectivity index (χ1) is 11.5. The Bertz CT molecular complexity index is 875. The number of hydrogen-bond acceptors (Lipinski definition) is 5. The lowest BCUT2D eigenvalue weighted by molar-refractivity contribution is -0.121. The van der Waals surface area contributed by atoms with Crippen molar-refractivity contribution in [2.75, 3.05) is 11.9 Å². The quantitative estimate of drug-likeness (QED) is 0.818. The number of nitrogens with zero attached hydrogens (tertiary/aromatic N) is 1. The zero-order chi connectivity index (χ0) is 18.8. The molecule has 0 saturated heterocycles. The second-order valence-electron chi connectivity index (χ2n) is 5.07. The predicted octanol–water partition coefficient (Wildman–Crippen LogP) is 2.85.